The van der Waals surface area contributed by atoms with E-state index in [1.165, 1.54) is 21.9 Å². The zero-order valence-corrected chi connectivity index (χ0v) is 10.6. The maximum absolute atomic E-state index is 2.26. The van der Waals surface area contributed by atoms with Gasteiger partial charge in [-0.3, -0.25) is 0 Å². The molecule has 0 amide bonds. The Labute approximate surface area is 101 Å². The molecule has 2 aromatic carbocycles. The summed E-state index contributed by atoms with van der Waals surface area (Å²) in [5.74, 6) is 2.23. The van der Waals surface area contributed by atoms with Gasteiger partial charge in [-0.25, -0.2) is 0 Å². The maximum Gasteiger partial charge on any atom is 0.0303 e. The molecule has 0 saturated heterocycles. The summed E-state index contributed by atoms with van der Waals surface area (Å²) >= 11 is 0. The van der Waals surface area contributed by atoms with Gasteiger partial charge in [0.25, 0.3) is 0 Å². The molecule has 0 nitrogen and oxygen atoms in total. The SMILES string of the molecule is c1cc2c3c(cccc3c1)CSSSC2. The van der Waals surface area contributed by atoms with Crippen LogP contribution < -0.4 is 0 Å². The lowest BCUT2D eigenvalue weighted by Gasteiger charge is -2.13. The van der Waals surface area contributed by atoms with Crippen LogP contribution in [-0.4, -0.2) is 0 Å². The van der Waals surface area contributed by atoms with Crippen LogP contribution >= 0.6 is 31.4 Å². The molecule has 0 radical (unpaired) electrons. The molecule has 3 heteroatoms. The summed E-state index contributed by atoms with van der Waals surface area (Å²) in [5.41, 5.74) is 2.97. The van der Waals surface area contributed by atoms with Crippen molar-refractivity contribution in [1.29, 1.82) is 0 Å². The van der Waals surface area contributed by atoms with Gasteiger partial charge in [-0.2, -0.15) is 0 Å². The van der Waals surface area contributed by atoms with Crippen LogP contribution in [0.3, 0.4) is 0 Å². The normalized spacial score (nSPS) is 16.0. The molecule has 0 fully saturated rings. The summed E-state index contributed by atoms with van der Waals surface area (Å²) in [5, 5.41) is 2.87. The Kier molecular flexibility index (Phi) is 2.86. The molecule has 0 unspecified atom stereocenters. The minimum atomic E-state index is 1.12. The Balaban J connectivity index is 2.32. The first kappa shape index (κ1) is 9.94. The van der Waals surface area contributed by atoms with Crippen LogP contribution in [0.5, 0.6) is 0 Å². The van der Waals surface area contributed by atoms with Crippen molar-refractivity contribution in [2.24, 2.45) is 0 Å². The van der Waals surface area contributed by atoms with E-state index in [0.29, 0.717) is 0 Å². The van der Waals surface area contributed by atoms with Gasteiger partial charge in [-0.05, 0) is 31.7 Å². The van der Waals surface area contributed by atoms with Crippen LogP contribution in [0.1, 0.15) is 11.1 Å². The smallest absolute Gasteiger partial charge is 0.0303 e. The van der Waals surface area contributed by atoms with Gasteiger partial charge in [0.05, 0.1) is 0 Å². The average molecular weight is 250 g/mol. The predicted octanol–water partition coefficient (Wildman–Crippen LogP) is 4.88. The first-order valence-electron chi connectivity index (χ1n) is 4.86. The fourth-order valence-electron chi connectivity index (χ4n) is 1.95. The molecule has 3 rings (SSSR count). The molecule has 0 spiro atoms. The van der Waals surface area contributed by atoms with Gasteiger partial charge in [-0.15, -0.1) is 0 Å². The maximum atomic E-state index is 2.26. The van der Waals surface area contributed by atoms with E-state index >= 15 is 0 Å². The molecule has 0 N–H and O–H groups in total. The van der Waals surface area contributed by atoms with E-state index in [1.54, 1.807) is 0 Å². The molecule has 76 valence electrons. The Morgan fingerprint density at radius 2 is 1.40 bits per heavy atom. The largest absolute Gasteiger partial charge is 0.0777 e. The van der Waals surface area contributed by atoms with Gasteiger partial charge in [0.2, 0.25) is 0 Å². The van der Waals surface area contributed by atoms with E-state index in [0.717, 1.165) is 11.5 Å². The fourth-order valence-corrected chi connectivity index (χ4v) is 5.58. The van der Waals surface area contributed by atoms with Crippen molar-refractivity contribution >= 4 is 42.2 Å². The third-order valence-corrected chi connectivity index (χ3v) is 6.67. The second-order valence-corrected chi connectivity index (χ2v) is 7.76. The minimum Gasteiger partial charge on any atom is -0.0777 e. The van der Waals surface area contributed by atoms with Crippen molar-refractivity contribution in [3.63, 3.8) is 0 Å². The second-order valence-electron chi connectivity index (χ2n) is 3.52. The molecule has 1 heterocycles. The molecule has 2 aromatic rings. The summed E-state index contributed by atoms with van der Waals surface area (Å²) in [6.45, 7) is 0. The molecule has 1 aliphatic heterocycles. The highest BCUT2D eigenvalue weighted by molar-refractivity contribution is 9.09. The summed E-state index contributed by atoms with van der Waals surface area (Å²) in [7, 11) is 5.80. The minimum absolute atomic E-state index is 1.12. The van der Waals surface area contributed by atoms with E-state index in [-0.39, 0.29) is 0 Å². The number of rotatable bonds is 0. The van der Waals surface area contributed by atoms with E-state index < -0.39 is 0 Å². The van der Waals surface area contributed by atoms with Crippen LogP contribution in [0.25, 0.3) is 10.8 Å². The van der Waals surface area contributed by atoms with Crippen LogP contribution in [0.4, 0.5) is 0 Å². The zero-order valence-electron chi connectivity index (χ0n) is 8.10. The summed E-state index contributed by atoms with van der Waals surface area (Å²) in [4.78, 5) is 0. The predicted molar refractivity (Wildman–Crippen MR) is 74.1 cm³/mol. The number of benzene rings is 2. The van der Waals surface area contributed by atoms with Crippen molar-refractivity contribution in [3.8, 4) is 0 Å². The van der Waals surface area contributed by atoms with Crippen molar-refractivity contribution < 1.29 is 0 Å². The highest BCUT2D eigenvalue weighted by atomic mass is 33.5. The Morgan fingerprint density at radius 1 is 0.800 bits per heavy atom. The zero-order chi connectivity index (χ0) is 10.1. The Morgan fingerprint density at radius 3 is 2.00 bits per heavy atom. The van der Waals surface area contributed by atoms with Crippen LogP contribution in [0, 0.1) is 0 Å². The second kappa shape index (κ2) is 4.32. The number of hydrogen-bond donors (Lipinski definition) is 0. The quantitative estimate of drug-likeness (QED) is 0.611. The first-order valence-corrected chi connectivity index (χ1v) is 8.68. The van der Waals surface area contributed by atoms with Gasteiger partial charge in [-0.1, -0.05) is 58.0 Å². The molecule has 15 heavy (non-hydrogen) atoms. The van der Waals surface area contributed by atoms with Crippen molar-refractivity contribution in [1.82, 2.24) is 0 Å². The topological polar surface area (TPSA) is 0 Å². The lowest BCUT2D eigenvalue weighted by atomic mass is 10.0. The number of hydrogen-bond acceptors (Lipinski definition) is 3. The first-order chi connectivity index (χ1) is 7.45. The Hall–Kier alpha value is -0.250. The molecular formula is C12H10S3. The van der Waals surface area contributed by atoms with Crippen LogP contribution in [0.15, 0.2) is 36.4 Å². The average Bonchev–Trinajstić information content (AvgIpc) is 2.25. The monoisotopic (exact) mass is 250 g/mol. The van der Waals surface area contributed by atoms with Gasteiger partial charge >= 0.3 is 0 Å². The lowest BCUT2D eigenvalue weighted by Crippen LogP contribution is -1.90. The summed E-state index contributed by atoms with van der Waals surface area (Å²) in [6, 6.07) is 13.3. The molecule has 0 bridgehead atoms. The lowest BCUT2D eigenvalue weighted by molar-refractivity contribution is 1.41. The third kappa shape index (κ3) is 1.88. The highest BCUT2D eigenvalue weighted by Gasteiger charge is 2.09. The van der Waals surface area contributed by atoms with Gasteiger partial charge in [0, 0.05) is 11.5 Å². The van der Waals surface area contributed by atoms with Crippen molar-refractivity contribution in [2.75, 3.05) is 0 Å². The van der Waals surface area contributed by atoms with Gasteiger partial charge in [0.15, 0.2) is 0 Å². The van der Waals surface area contributed by atoms with E-state index in [4.69, 9.17) is 0 Å². The molecule has 0 aliphatic carbocycles. The van der Waals surface area contributed by atoms with Crippen LogP contribution in [0.2, 0.25) is 0 Å². The fraction of sp³-hybridized carbons (Fsp3) is 0.167. The van der Waals surface area contributed by atoms with E-state index in [2.05, 4.69) is 36.4 Å². The van der Waals surface area contributed by atoms with Gasteiger partial charge < -0.3 is 0 Å². The highest BCUT2D eigenvalue weighted by Crippen LogP contribution is 2.43. The van der Waals surface area contributed by atoms with E-state index in [9.17, 15) is 0 Å². The van der Waals surface area contributed by atoms with Gasteiger partial charge in [0.1, 0.15) is 0 Å². The molecule has 0 atom stereocenters. The molecule has 1 aliphatic rings. The Bertz CT molecular complexity index is 452. The molecular weight excluding hydrogens is 240 g/mol. The van der Waals surface area contributed by atoms with E-state index in [1.807, 2.05) is 31.4 Å². The molecule has 0 aromatic heterocycles. The summed E-state index contributed by atoms with van der Waals surface area (Å²) in [6.07, 6.45) is 0. The van der Waals surface area contributed by atoms with Crippen LogP contribution in [-0.2, 0) is 11.5 Å². The van der Waals surface area contributed by atoms with Crippen molar-refractivity contribution in [3.05, 3.63) is 47.5 Å². The standard InChI is InChI=1S/C12H10S3/c1-3-9-4-2-6-11-8-14-15-13-7-10(5-1)12(9)11/h1-6H,7-8H2. The molecule has 0 saturated carbocycles. The summed E-state index contributed by atoms with van der Waals surface area (Å²) < 4.78 is 0. The van der Waals surface area contributed by atoms with Crippen molar-refractivity contribution in [2.45, 2.75) is 11.5 Å². The third-order valence-electron chi connectivity index (χ3n) is 2.60.